The summed E-state index contributed by atoms with van der Waals surface area (Å²) < 4.78 is 8.93. The van der Waals surface area contributed by atoms with Gasteiger partial charge in [-0.15, -0.1) is 54.1 Å². The van der Waals surface area contributed by atoms with Crippen LogP contribution in [0.15, 0.2) is 144 Å². The van der Waals surface area contributed by atoms with Crippen LogP contribution in [0, 0.1) is 24.5 Å². The van der Waals surface area contributed by atoms with E-state index in [1.165, 1.54) is 33.0 Å². The first-order valence-corrected chi connectivity index (χ1v) is 26.9. The van der Waals surface area contributed by atoms with E-state index in [1.807, 2.05) is 36.4 Å². The van der Waals surface area contributed by atoms with E-state index in [-0.39, 0.29) is 37.4 Å². The molecule has 0 aliphatic rings. The molecular formula is C60H60IrN4OSi-2. The number of furan rings is 1. The van der Waals surface area contributed by atoms with Gasteiger partial charge < -0.3 is 14.0 Å². The number of hydrogen-bond acceptors (Lipinski definition) is 4. The molecule has 4 aromatic heterocycles. The van der Waals surface area contributed by atoms with E-state index in [9.17, 15) is 0 Å². The molecule has 0 N–H and O–H groups in total. The van der Waals surface area contributed by atoms with Gasteiger partial charge >= 0.3 is 0 Å². The zero-order valence-corrected chi connectivity index (χ0v) is 44.1. The van der Waals surface area contributed by atoms with Crippen LogP contribution in [0.2, 0.25) is 19.6 Å². The summed E-state index contributed by atoms with van der Waals surface area (Å²) in [6, 6.07) is 53.4. The molecule has 0 fully saturated rings. The molecular weight excluding hydrogens is 1010 g/mol. The van der Waals surface area contributed by atoms with Crippen molar-refractivity contribution in [3.05, 3.63) is 174 Å². The number of para-hydroxylation sites is 1. The molecule has 1 radical (unpaired) electrons. The predicted molar refractivity (Wildman–Crippen MR) is 281 cm³/mol. The van der Waals surface area contributed by atoms with Crippen LogP contribution in [0.4, 0.5) is 0 Å². The normalized spacial score (nSPS) is 12.0. The second kappa shape index (κ2) is 19.0. The van der Waals surface area contributed by atoms with Crippen LogP contribution in [0.25, 0.3) is 83.3 Å². The summed E-state index contributed by atoms with van der Waals surface area (Å²) in [7, 11) is -1.37. The van der Waals surface area contributed by atoms with E-state index >= 15 is 0 Å². The van der Waals surface area contributed by atoms with Crippen LogP contribution in [0.3, 0.4) is 0 Å². The summed E-state index contributed by atoms with van der Waals surface area (Å²) in [6.07, 6.45) is 3.21. The SMILES string of the molecule is CC(C)(C)Cc1cc(-c2[c-]cccc2)ncc1[Si](C)(C)C.Cc1nc2nc(-c3[c-]ccc4c3oc3ccccc34)n(-c3c(C(C)C)cc(-c4ccccc4)cc3C(C)C)c2c2ccccc12.[Ir]. The Bertz CT molecular complexity index is 3340. The molecule has 0 bridgehead atoms. The van der Waals surface area contributed by atoms with Gasteiger partial charge in [0.2, 0.25) is 0 Å². The van der Waals surface area contributed by atoms with E-state index in [2.05, 4.69) is 195 Å². The maximum atomic E-state index is 6.56. The molecule has 67 heavy (non-hydrogen) atoms. The van der Waals surface area contributed by atoms with Gasteiger partial charge in [-0.2, -0.15) is 0 Å². The summed E-state index contributed by atoms with van der Waals surface area (Å²) >= 11 is 0. The van der Waals surface area contributed by atoms with Gasteiger partial charge in [-0.1, -0.05) is 163 Å². The first-order valence-electron chi connectivity index (χ1n) is 23.4. The van der Waals surface area contributed by atoms with Crippen LogP contribution in [-0.4, -0.2) is 27.6 Å². The summed E-state index contributed by atoms with van der Waals surface area (Å²) in [5, 5.41) is 5.88. The number of pyridine rings is 2. The smallest absolute Gasteiger partial charge is 0.169 e. The van der Waals surface area contributed by atoms with Crippen molar-refractivity contribution < 1.29 is 24.5 Å². The molecule has 0 saturated heterocycles. The molecule has 0 aliphatic heterocycles. The minimum atomic E-state index is -1.37. The number of aromatic nitrogens is 4. The predicted octanol–water partition coefficient (Wildman–Crippen LogP) is 15.8. The van der Waals surface area contributed by atoms with E-state index in [1.54, 1.807) is 0 Å². The largest absolute Gasteiger partial charge is 0.501 e. The van der Waals surface area contributed by atoms with Crippen LogP contribution in [0.5, 0.6) is 0 Å². The Morgan fingerprint density at radius 1 is 0.672 bits per heavy atom. The van der Waals surface area contributed by atoms with Crippen molar-refractivity contribution in [2.75, 3.05) is 0 Å². The maximum absolute atomic E-state index is 6.56. The molecule has 0 atom stereocenters. The standard InChI is InChI=1S/C41H34N3O.C19H26NSi.Ir/c1-24(2)34-22-28(27-14-7-6-8-15-27)23-35(25(3)4)37(34)44-38-31-18-10-9-16-29(31)26(5)42-40(38)43-41(44)33-20-13-19-32-30-17-11-12-21-36(30)45-39(32)33;1-19(2,3)13-16-12-17(15-10-8-7-9-11-15)20-14-18(16)21(4,5)6;/h6-19,21-25H,1-5H3;7-10,12,14H,13H2,1-6H3;/q2*-1;. The third-order valence-electron chi connectivity index (χ3n) is 12.5. The molecule has 0 saturated carbocycles. The summed E-state index contributed by atoms with van der Waals surface area (Å²) in [6.45, 7) is 25.3. The van der Waals surface area contributed by atoms with Gasteiger partial charge in [-0.25, -0.2) is 4.98 Å². The van der Waals surface area contributed by atoms with Crippen molar-refractivity contribution in [1.82, 2.24) is 19.5 Å². The number of imidazole rings is 1. The van der Waals surface area contributed by atoms with Gasteiger partial charge in [0, 0.05) is 53.8 Å². The third-order valence-corrected chi connectivity index (χ3v) is 14.6. The van der Waals surface area contributed by atoms with Gasteiger partial charge in [0.15, 0.2) is 5.65 Å². The quantitative estimate of drug-likeness (QED) is 0.112. The Hall–Kier alpha value is -5.98. The van der Waals surface area contributed by atoms with Crippen molar-refractivity contribution in [3.8, 4) is 39.5 Å². The monoisotopic (exact) mass is 1070 g/mol. The van der Waals surface area contributed by atoms with Gasteiger partial charge in [0.25, 0.3) is 0 Å². The topological polar surface area (TPSA) is 56.7 Å². The second-order valence-corrected chi connectivity index (χ2v) is 25.6. The molecule has 0 spiro atoms. The Kier molecular flexibility index (Phi) is 13.4. The number of benzene rings is 6. The molecule has 5 nitrogen and oxygen atoms in total. The Morgan fingerprint density at radius 3 is 1.96 bits per heavy atom. The van der Waals surface area contributed by atoms with Crippen molar-refractivity contribution >= 4 is 57.1 Å². The van der Waals surface area contributed by atoms with Crippen molar-refractivity contribution in [3.63, 3.8) is 0 Å². The number of fused-ring (bicyclic) bond motifs is 6. The van der Waals surface area contributed by atoms with E-state index in [4.69, 9.17) is 19.4 Å². The molecule has 10 rings (SSSR count). The Morgan fingerprint density at radius 2 is 1.31 bits per heavy atom. The van der Waals surface area contributed by atoms with Crippen molar-refractivity contribution in [2.24, 2.45) is 5.41 Å². The van der Waals surface area contributed by atoms with Gasteiger partial charge in [0.05, 0.1) is 25.0 Å². The van der Waals surface area contributed by atoms with Gasteiger partial charge in [-0.05, 0) is 81.9 Å². The van der Waals surface area contributed by atoms with Crippen LogP contribution in [-0.2, 0) is 26.5 Å². The molecule has 0 unspecified atom stereocenters. The van der Waals surface area contributed by atoms with Crippen molar-refractivity contribution in [1.29, 1.82) is 0 Å². The number of hydrogen-bond donors (Lipinski definition) is 0. The average Bonchev–Trinajstić information content (AvgIpc) is 3.87. The molecule has 341 valence electrons. The maximum Gasteiger partial charge on any atom is 0.169 e. The fourth-order valence-corrected chi connectivity index (χ4v) is 11.0. The second-order valence-electron chi connectivity index (χ2n) is 20.5. The third kappa shape index (κ3) is 9.47. The van der Waals surface area contributed by atoms with Crippen molar-refractivity contribution in [2.45, 2.75) is 93.3 Å². The molecule has 4 heterocycles. The van der Waals surface area contributed by atoms with Crippen LogP contribution >= 0.6 is 0 Å². The summed E-state index contributed by atoms with van der Waals surface area (Å²) in [5.41, 5.74) is 15.2. The fourth-order valence-electron chi connectivity index (χ4n) is 9.40. The average molecular weight is 1070 g/mol. The van der Waals surface area contributed by atoms with E-state index < -0.39 is 8.07 Å². The minimum Gasteiger partial charge on any atom is -0.501 e. The van der Waals surface area contributed by atoms with Crippen LogP contribution < -0.4 is 5.19 Å². The first-order chi connectivity index (χ1) is 31.6. The molecule has 6 aromatic carbocycles. The zero-order chi connectivity index (χ0) is 46.5. The van der Waals surface area contributed by atoms with E-state index in [0.29, 0.717) is 0 Å². The minimum absolute atomic E-state index is 0. The fraction of sp³-hybridized carbons (Fsp3) is 0.250. The Labute approximate surface area is 411 Å². The molecule has 0 aliphatic carbocycles. The van der Waals surface area contributed by atoms with Gasteiger partial charge in [0.1, 0.15) is 5.58 Å². The number of nitrogens with zero attached hydrogens (tertiary/aromatic N) is 4. The summed E-state index contributed by atoms with van der Waals surface area (Å²) in [4.78, 5) is 15.1. The zero-order valence-electron chi connectivity index (χ0n) is 40.7. The number of rotatable bonds is 8. The molecule has 0 amide bonds. The Balaban J connectivity index is 0.000000234. The van der Waals surface area contributed by atoms with Gasteiger partial charge in [-0.3, -0.25) is 4.98 Å². The van der Waals surface area contributed by atoms with Crippen LogP contribution in [0.1, 0.15) is 82.7 Å². The van der Waals surface area contributed by atoms with E-state index in [0.717, 1.165) is 84.3 Å². The summed E-state index contributed by atoms with van der Waals surface area (Å²) in [5.74, 6) is 1.29. The molecule has 10 aromatic rings. The number of aryl methyl sites for hydroxylation is 1. The molecule has 7 heteroatoms. The first kappa shape index (κ1) is 47.5.